The van der Waals surface area contributed by atoms with E-state index in [1.54, 1.807) is 0 Å². The predicted molar refractivity (Wildman–Crippen MR) is 56.8 cm³/mol. The smallest absolute Gasteiger partial charge is 0.302 e. The second kappa shape index (κ2) is 5.43. The SMILES string of the molecule is CC(=O)OCCCC(C)=C1C=CC=C1. The molecule has 1 aliphatic rings. The minimum atomic E-state index is -0.198. The van der Waals surface area contributed by atoms with E-state index in [1.807, 2.05) is 12.2 Å². The van der Waals surface area contributed by atoms with E-state index in [2.05, 4.69) is 19.1 Å². The lowest BCUT2D eigenvalue weighted by molar-refractivity contribution is -0.141. The fourth-order valence-electron chi connectivity index (χ4n) is 1.36. The Kier molecular flexibility index (Phi) is 4.17. The zero-order chi connectivity index (χ0) is 10.4. The van der Waals surface area contributed by atoms with E-state index < -0.39 is 0 Å². The van der Waals surface area contributed by atoms with Gasteiger partial charge in [-0.1, -0.05) is 29.9 Å². The van der Waals surface area contributed by atoms with E-state index in [0.717, 1.165) is 12.8 Å². The molecule has 0 N–H and O–H groups in total. The maximum Gasteiger partial charge on any atom is 0.302 e. The first-order valence-corrected chi connectivity index (χ1v) is 4.88. The van der Waals surface area contributed by atoms with Crippen LogP contribution in [0.15, 0.2) is 35.5 Å². The average Bonchev–Trinajstić information content (AvgIpc) is 2.64. The van der Waals surface area contributed by atoms with Crippen molar-refractivity contribution in [2.75, 3.05) is 6.61 Å². The summed E-state index contributed by atoms with van der Waals surface area (Å²) in [6.45, 7) is 4.07. The van der Waals surface area contributed by atoms with E-state index >= 15 is 0 Å². The third-order valence-electron chi connectivity index (χ3n) is 2.16. The number of hydrogen-bond donors (Lipinski definition) is 0. The van der Waals surface area contributed by atoms with Crippen molar-refractivity contribution in [2.45, 2.75) is 26.7 Å². The monoisotopic (exact) mass is 192 g/mol. The van der Waals surface area contributed by atoms with Gasteiger partial charge in [0.15, 0.2) is 0 Å². The van der Waals surface area contributed by atoms with Crippen molar-refractivity contribution in [3.05, 3.63) is 35.5 Å². The molecule has 0 heterocycles. The maximum absolute atomic E-state index is 10.5. The van der Waals surface area contributed by atoms with E-state index in [9.17, 15) is 4.79 Å². The number of ether oxygens (including phenoxy) is 1. The number of carbonyl (C=O) groups is 1. The van der Waals surface area contributed by atoms with Gasteiger partial charge < -0.3 is 4.74 Å². The third-order valence-corrected chi connectivity index (χ3v) is 2.16. The van der Waals surface area contributed by atoms with Gasteiger partial charge in [0.1, 0.15) is 0 Å². The largest absolute Gasteiger partial charge is 0.466 e. The molecule has 1 aliphatic carbocycles. The van der Waals surface area contributed by atoms with Gasteiger partial charge in [0.25, 0.3) is 0 Å². The molecule has 0 saturated carbocycles. The summed E-state index contributed by atoms with van der Waals surface area (Å²) in [7, 11) is 0. The molecule has 0 aromatic carbocycles. The molecule has 0 saturated heterocycles. The van der Waals surface area contributed by atoms with Crippen LogP contribution in [0.5, 0.6) is 0 Å². The molecule has 1 rings (SSSR count). The summed E-state index contributed by atoms with van der Waals surface area (Å²) in [5, 5.41) is 0. The first-order chi connectivity index (χ1) is 6.70. The Morgan fingerprint density at radius 2 is 1.93 bits per heavy atom. The molecular formula is C12H16O2. The molecule has 0 radical (unpaired) electrons. The van der Waals surface area contributed by atoms with Crippen LogP contribution in [0.25, 0.3) is 0 Å². The topological polar surface area (TPSA) is 26.3 Å². The standard InChI is InChI=1S/C12H16O2/c1-10(12-7-3-4-8-12)6-5-9-14-11(2)13/h3-4,7-8H,5-6,9H2,1-2H3. The first-order valence-electron chi connectivity index (χ1n) is 4.88. The zero-order valence-corrected chi connectivity index (χ0v) is 8.75. The van der Waals surface area contributed by atoms with Crippen LogP contribution in [-0.4, -0.2) is 12.6 Å². The lowest BCUT2D eigenvalue weighted by Crippen LogP contribution is -2.00. The van der Waals surface area contributed by atoms with Gasteiger partial charge in [0, 0.05) is 6.92 Å². The molecule has 0 unspecified atom stereocenters. The molecule has 0 spiro atoms. The van der Waals surface area contributed by atoms with Gasteiger partial charge in [0.05, 0.1) is 6.61 Å². The van der Waals surface area contributed by atoms with Gasteiger partial charge >= 0.3 is 5.97 Å². The highest BCUT2D eigenvalue weighted by Crippen LogP contribution is 2.16. The second-order valence-corrected chi connectivity index (χ2v) is 3.40. The predicted octanol–water partition coefficient (Wildman–Crippen LogP) is 2.77. The van der Waals surface area contributed by atoms with Crippen LogP contribution in [0, 0.1) is 0 Å². The quantitative estimate of drug-likeness (QED) is 0.505. The van der Waals surface area contributed by atoms with Crippen LogP contribution < -0.4 is 0 Å². The van der Waals surface area contributed by atoms with Gasteiger partial charge in [-0.15, -0.1) is 0 Å². The molecule has 0 atom stereocenters. The minimum Gasteiger partial charge on any atom is -0.466 e. The molecule has 0 aromatic rings. The van der Waals surface area contributed by atoms with Crippen molar-refractivity contribution >= 4 is 5.97 Å². The Morgan fingerprint density at radius 1 is 1.29 bits per heavy atom. The Labute approximate surface area is 85.0 Å². The van der Waals surface area contributed by atoms with Gasteiger partial charge in [-0.2, -0.15) is 0 Å². The normalized spacial score (nSPS) is 13.4. The molecule has 0 fully saturated rings. The van der Waals surface area contributed by atoms with Gasteiger partial charge in [-0.3, -0.25) is 4.79 Å². The molecule has 0 aromatic heterocycles. The molecule has 0 bridgehead atoms. The van der Waals surface area contributed by atoms with Gasteiger partial charge in [-0.05, 0) is 25.3 Å². The summed E-state index contributed by atoms with van der Waals surface area (Å²) in [4.78, 5) is 10.5. The number of allylic oxidation sites excluding steroid dienone is 6. The van der Waals surface area contributed by atoms with Gasteiger partial charge in [0.2, 0.25) is 0 Å². The lowest BCUT2D eigenvalue weighted by atomic mass is 10.1. The zero-order valence-electron chi connectivity index (χ0n) is 8.75. The number of carbonyl (C=O) groups excluding carboxylic acids is 1. The van der Waals surface area contributed by atoms with E-state index in [-0.39, 0.29) is 5.97 Å². The summed E-state index contributed by atoms with van der Waals surface area (Å²) >= 11 is 0. The third kappa shape index (κ3) is 3.60. The Hall–Kier alpha value is -1.31. The van der Waals surface area contributed by atoms with Crippen molar-refractivity contribution in [3.8, 4) is 0 Å². The fourth-order valence-corrected chi connectivity index (χ4v) is 1.36. The number of hydrogen-bond acceptors (Lipinski definition) is 2. The molecule has 0 aliphatic heterocycles. The summed E-state index contributed by atoms with van der Waals surface area (Å²) < 4.78 is 4.86. The van der Waals surface area contributed by atoms with Crippen molar-refractivity contribution in [1.29, 1.82) is 0 Å². The van der Waals surface area contributed by atoms with Crippen LogP contribution >= 0.6 is 0 Å². The molecule has 0 amide bonds. The first kappa shape index (κ1) is 10.8. The number of rotatable bonds is 4. The summed E-state index contributed by atoms with van der Waals surface area (Å²) in [6.07, 6.45) is 10.1. The van der Waals surface area contributed by atoms with Crippen molar-refractivity contribution in [2.24, 2.45) is 0 Å². The van der Waals surface area contributed by atoms with Gasteiger partial charge in [-0.25, -0.2) is 0 Å². The van der Waals surface area contributed by atoms with E-state index in [0.29, 0.717) is 6.61 Å². The average molecular weight is 192 g/mol. The fraction of sp³-hybridized carbons (Fsp3) is 0.417. The van der Waals surface area contributed by atoms with Crippen LogP contribution in [0.4, 0.5) is 0 Å². The van der Waals surface area contributed by atoms with Crippen LogP contribution in [0.2, 0.25) is 0 Å². The summed E-state index contributed by atoms with van der Waals surface area (Å²) in [5.41, 5.74) is 2.63. The molecule has 2 heteroatoms. The van der Waals surface area contributed by atoms with Crippen molar-refractivity contribution < 1.29 is 9.53 Å². The van der Waals surface area contributed by atoms with Crippen molar-refractivity contribution in [1.82, 2.24) is 0 Å². The second-order valence-electron chi connectivity index (χ2n) is 3.40. The Morgan fingerprint density at radius 3 is 2.50 bits per heavy atom. The Balaban J connectivity index is 2.25. The summed E-state index contributed by atoms with van der Waals surface area (Å²) in [5.74, 6) is -0.198. The molecule has 76 valence electrons. The minimum absolute atomic E-state index is 0.198. The molecule has 2 nitrogen and oxygen atoms in total. The van der Waals surface area contributed by atoms with Crippen LogP contribution in [0.1, 0.15) is 26.7 Å². The highest BCUT2D eigenvalue weighted by Gasteiger charge is 1.99. The highest BCUT2D eigenvalue weighted by atomic mass is 16.5. The lowest BCUT2D eigenvalue weighted by Gasteiger charge is -2.04. The van der Waals surface area contributed by atoms with Crippen molar-refractivity contribution in [3.63, 3.8) is 0 Å². The summed E-state index contributed by atoms with van der Waals surface area (Å²) in [6, 6.07) is 0. The Bertz CT molecular complexity index is 281. The highest BCUT2D eigenvalue weighted by molar-refractivity contribution is 5.65. The van der Waals surface area contributed by atoms with E-state index in [4.69, 9.17) is 4.74 Å². The van der Waals surface area contributed by atoms with E-state index in [1.165, 1.54) is 18.1 Å². The van der Waals surface area contributed by atoms with Crippen LogP contribution in [-0.2, 0) is 9.53 Å². The molecular weight excluding hydrogens is 176 g/mol. The maximum atomic E-state index is 10.5. The number of esters is 1. The van der Waals surface area contributed by atoms with Crippen LogP contribution in [0.3, 0.4) is 0 Å². The molecule has 14 heavy (non-hydrogen) atoms.